The lowest BCUT2D eigenvalue weighted by Crippen LogP contribution is -2.32. The molecule has 0 bridgehead atoms. The molecule has 5 rings (SSSR count). The van der Waals surface area contributed by atoms with Crippen molar-refractivity contribution in [2.45, 2.75) is 26.3 Å². The van der Waals surface area contributed by atoms with Gasteiger partial charge in [-0.25, -0.2) is 9.97 Å². The van der Waals surface area contributed by atoms with Crippen molar-refractivity contribution in [3.05, 3.63) is 103 Å². The second-order valence-corrected chi connectivity index (χ2v) is 9.17. The van der Waals surface area contributed by atoms with Crippen molar-refractivity contribution in [2.24, 2.45) is 0 Å². The first-order chi connectivity index (χ1) is 17.2. The number of hydrogen-bond donors (Lipinski definition) is 0. The van der Waals surface area contributed by atoms with Crippen LogP contribution in [-0.2, 0) is 13.0 Å². The van der Waals surface area contributed by atoms with Crippen molar-refractivity contribution in [3.8, 4) is 11.5 Å². The lowest BCUT2D eigenvalue weighted by Gasteiger charge is -2.20. The quantitative estimate of drug-likeness (QED) is 0.210. The Labute approximate surface area is 220 Å². The highest BCUT2D eigenvalue weighted by molar-refractivity contribution is 7.22. The molecule has 2 heterocycles. The number of carbonyl (C=O) groups excluding carboxylic acids is 1. The summed E-state index contributed by atoms with van der Waals surface area (Å²) in [5.74, 6) is 1.37. The molecule has 0 N–H and O–H groups in total. The number of thiazole rings is 1. The lowest BCUT2D eigenvalue weighted by molar-refractivity contribution is 0.0986. The van der Waals surface area contributed by atoms with E-state index in [1.54, 1.807) is 28.8 Å². The Hall–Kier alpha value is -3.68. The number of halogens is 1. The Morgan fingerprint density at radius 3 is 2.50 bits per heavy atom. The maximum atomic E-state index is 13.7. The Balaban J connectivity index is 0.00000304. The molecule has 2 aromatic heterocycles. The minimum atomic E-state index is -0.0704. The first-order valence-corrected chi connectivity index (χ1v) is 12.5. The largest absolute Gasteiger partial charge is 0.457 e. The van der Waals surface area contributed by atoms with Crippen molar-refractivity contribution in [1.29, 1.82) is 0 Å². The van der Waals surface area contributed by atoms with Crippen molar-refractivity contribution >= 4 is 45.0 Å². The number of rotatable bonds is 9. The average Bonchev–Trinajstić information content (AvgIpc) is 3.57. The fourth-order valence-corrected chi connectivity index (χ4v) is 4.99. The molecule has 0 spiro atoms. The van der Waals surface area contributed by atoms with E-state index >= 15 is 0 Å². The molecule has 8 heteroatoms. The van der Waals surface area contributed by atoms with Crippen LogP contribution in [0, 0.1) is 0 Å². The first kappa shape index (κ1) is 25.4. The number of aryl methyl sites for hydroxylation is 2. The summed E-state index contributed by atoms with van der Waals surface area (Å²) in [6.45, 7) is 3.46. The molecule has 0 aliphatic heterocycles. The molecule has 1 amide bonds. The van der Waals surface area contributed by atoms with Gasteiger partial charge in [0.15, 0.2) is 5.13 Å². The number of fused-ring (bicyclic) bond motifs is 1. The Morgan fingerprint density at radius 1 is 1.00 bits per heavy atom. The molecule has 0 unspecified atom stereocenters. The topological polar surface area (TPSA) is 60.2 Å². The van der Waals surface area contributed by atoms with Crippen LogP contribution in [0.1, 0.15) is 29.3 Å². The van der Waals surface area contributed by atoms with E-state index in [9.17, 15) is 4.79 Å². The van der Waals surface area contributed by atoms with Crippen molar-refractivity contribution in [3.63, 3.8) is 0 Å². The molecule has 0 saturated carbocycles. The Kier molecular flexibility index (Phi) is 8.36. The van der Waals surface area contributed by atoms with Crippen LogP contribution in [0.4, 0.5) is 5.13 Å². The van der Waals surface area contributed by atoms with Crippen molar-refractivity contribution in [1.82, 2.24) is 14.5 Å². The van der Waals surface area contributed by atoms with Crippen molar-refractivity contribution in [2.75, 3.05) is 11.4 Å². The van der Waals surface area contributed by atoms with Gasteiger partial charge in [0.25, 0.3) is 5.91 Å². The summed E-state index contributed by atoms with van der Waals surface area (Å²) in [6, 6.07) is 23.1. The van der Waals surface area contributed by atoms with Gasteiger partial charge in [-0.15, -0.1) is 12.4 Å². The van der Waals surface area contributed by atoms with E-state index in [2.05, 4.69) is 30.1 Å². The molecular weight excluding hydrogens is 492 g/mol. The zero-order valence-electron chi connectivity index (χ0n) is 19.9. The molecular formula is C28H27ClN4O2S. The van der Waals surface area contributed by atoms with Gasteiger partial charge in [0.2, 0.25) is 0 Å². The number of hydrogen-bond acceptors (Lipinski definition) is 5. The summed E-state index contributed by atoms with van der Waals surface area (Å²) < 4.78 is 9.00. The number of nitrogens with zero attached hydrogens (tertiary/aromatic N) is 4. The maximum Gasteiger partial charge on any atom is 0.260 e. The highest BCUT2D eigenvalue weighted by Crippen LogP contribution is 2.32. The standard InChI is InChI=1S/C28H26N4O2S.ClH/c1-2-21-8-6-11-25-26(21)30-28(35-25)32(18-7-17-31-19-16-29-20-31)27(33)22-12-14-24(15-13-22)34-23-9-4-3-5-10-23;/h3-6,8-16,19-20H,2,7,17-18H2,1H3;1H. The number of imidazole rings is 1. The number of ether oxygens (including phenoxy) is 1. The summed E-state index contributed by atoms with van der Waals surface area (Å²) in [5.41, 5.74) is 2.77. The van der Waals surface area contributed by atoms with Crippen LogP contribution in [0.5, 0.6) is 11.5 Å². The van der Waals surface area contributed by atoms with Crippen molar-refractivity contribution < 1.29 is 9.53 Å². The van der Waals surface area contributed by atoms with E-state index in [0.717, 1.165) is 40.5 Å². The average molecular weight is 519 g/mol. The van der Waals surface area contributed by atoms with Gasteiger partial charge in [0, 0.05) is 31.0 Å². The fourth-order valence-electron chi connectivity index (χ4n) is 3.96. The zero-order valence-corrected chi connectivity index (χ0v) is 21.5. The number of carbonyl (C=O) groups is 1. The third-order valence-corrected chi connectivity index (χ3v) is 6.83. The minimum absolute atomic E-state index is 0. The third kappa shape index (κ3) is 5.75. The maximum absolute atomic E-state index is 13.7. The van der Waals surface area contributed by atoms with Gasteiger partial charge in [0.05, 0.1) is 16.5 Å². The van der Waals surface area contributed by atoms with Gasteiger partial charge in [-0.2, -0.15) is 0 Å². The third-order valence-electron chi connectivity index (χ3n) is 5.79. The van der Waals surface area contributed by atoms with E-state index < -0.39 is 0 Å². The van der Waals surface area contributed by atoms with E-state index in [4.69, 9.17) is 9.72 Å². The molecule has 0 aliphatic carbocycles. The molecule has 6 nitrogen and oxygen atoms in total. The van der Waals surface area contributed by atoms with Crippen LogP contribution in [0.25, 0.3) is 10.2 Å². The lowest BCUT2D eigenvalue weighted by atomic mass is 10.1. The van der Waals surface area contributed by atoms with Crippen LogP contribution in [0.15, 0.2) is 91.5 Å². The van der Waals surface area contributed by atoms with Crippen LogP contribution >= 0.6 is 23.7 Å². The molecule has 0 saturated heterocycles. The molecule has 0 aliphatic rings. The second kappa shape index (κ2) is 11.8. The van der Waals surface area contributed by atoms with Gasteiger partial charge >= 0.3 is 0 Å². The molecule has 36 heavy (non-hydrogen) atoms. The van der Waals surface area contributed by atoms with Crippen LogP contribution in [0.2, 0.25) is 0 Å². The van der Waals surface area contributed by atoms with Gasteiger partial charge in [-0.1, -0.05) is 48.6 Å². The van der Waals surface area contributed by atoms with Gasteiger partial charge in [0.1, 0.15) is 11.5 Å². The van der Waals surface area contributed by atoms with Gasteiger partial charge in [-0.05, 0) is 60.9 Å². The number of amides is 1. The summed E-state index contributed by atoms with van der Waals surface area (Å²) in [7, 11) is 0. The summed E-state index contributed by atoms with van der Waals surface area (Å²) in [4.78, 5) is 24.5. The number of anilines is 1. The van der Waals surface area contributed by atoms with Crippen LogP contribution in [0.3, 0.4) is 0 Å². The van der Waals surface area contributed by atoms with Crippen LogP contribution in [-0.4, -0.2) is 27.0 Å². The fraction of sp³-hybridized carbons (Fsp3) is 0.179. The zero-order chi connectivity index (χ0) is 24.0. The number of para-hydroxylation sites is 2. The summed E-state index contributed by atoms with van der Waals surface area (Å²) in [5, 5.41) is 0.723. The molecule has 3 aromatic carbocycles. The highest BCUT2D eigenvalue weighted by Gasteiger charge is 2.22. The van der Waals surface area contributed by atoms with Gasteiger partial charge in [-0.3, -0.25) is 9.69 Å². The number of aromatic nitrogens is 3. The molecule has 184 valence electrons. The predicted octanol–water partition coefficient (Wildman–Crippen LogP) is 7.01. The van der Waals surface area contributed by atoms with E-state index in [-0.39, 0.29) is 18.3 Å². The molecule has 5 aromatic rings. The SMILES string of the molecule is CCc1cccc2sc(N(CCCn3ccnc3)C(=O)c3ccc(Oc4ccccc4)cc3)nc12.Cl. The predicted molar refractivity (Wildman–Crippen MR) is 148 cm³/mol. The number of benzene rings is 3. The van der Waals surface area contributed by atoms with Gasteiger partial charge < -0.3 is 9.30 Å². The van der Waals surface area contributed by atoms with Crippen LogP contribution < -0.4 is 9.64 Å². The van der Waals surface area contributed by atoms with E-state index in [0.29, 0.717) is 17.9 Å². The van der Waals surface area contributed by atoms with E-state index in [1.807, 2.05) is 65.4 Å². The Bertz CT molecular complexity index is 1400. The monoisotopic (exact) mass is 518 g/mol. The molecule has 0 radical (unpaired) electrons. The second-order valence-electron chi connectivity index (χ2n) is 8.16. The smallest absolute Gasteiger partial charge is 0.260 e. The highest BCUT2D eigenvalue weighted by atomic mass is 35.5. The first-order valence-electron chi connectivity index (χ1n) is 11.7. The normalized spacial score (nSPS) is 10.7. The molecule has 0 fully saturated rings. The summed E-state index contributed by atoms with van der Waals surface area (Å²) >= 11 is 1.56. The van der Waals surface area contributed by atoms with E-state index in [1.165, 1.54) is 5.56 Å². The molecule has 0 atom stereocenters. The minimum Gasteiger partial charge on any atom is -0.457 e. The summed E-state index contributed by atoms with van der Waals surface area (Å²) in [6.07, 6.45) is 7.18. The Morgan fingerprint density at radius 2 is 1.78 bits per heavy atom.